The van der Waals surface area contributed by atoms with Crippen LogP contribution in [0, 0.1) is 0 Å². The first-order valence-corrected chi connectivity index (χ1v) is 4.00. The Balaban J connectivity index is 3.92. The molecule has 0 aliphatic carbocycles. The second-order valence-electron chi connectivity index (χ2n) is 2.55. The first-order valence-electron chi connectivity index (χ1n) is 4.00. The second-order valence-corrected chi connectivity index (χ2v) is 2.55. The molecule has 0 aromatic heterocycles. The van der Waals surface area contributed by atoms with Crippen molar-refractivity contribution in [1.82, 2.24) is 0 Å². The number of ether oxygens (including phenoxy) is 4. The summed E-state index contributed by atoms with van der Waals surface area (Å²) < 4.78 is 18.0. The van der Waals surface area contributed by atoms with Gasteiger partial charge < -0.3 is 18.9 Å². The molecule has 0 rings (SSSR count). The van der Waals surface area contributed by atoms with Crippen LogP contribution in [0.15, 0.2) is 0 Å². The van der Waals surface area contributed by atoms with Crippen molar-refractivity contribution in [2.75, 3.05) is 14.2 Å². The van der Waals surface area contributed by atoms with Gasteiger partial charge in [-0.1, -0.05) is 0 Å². The van der Waals surface area contributed by atoms with E-state index in [2.05, 4.69) is 9.47 Å². The monoisotopic (exact) mass is 206 g/mol. The van der Waals surface area contributed by atoms with Crippen LogP contribution in [0.25, 0.3) is 0 Å². The summed E-state index contributed by atoms with van der Waals surface area (Å²) in [6.45, 7) is 3.15. The normalized spacial score (nSPS) is 13.7. The summed E-state index contributed by atoms with van der Waals surface area (Å²) in [6, 6.07) is 0. The SMILES string of the molecule is COC(=O)OC(C)C(C)OC(=O)OC. The van der Waals surface area contributed by atoms with Gasteiger partial charge in [-0.05, 0) is 13.8 Å². The van der Waals surface area contributed by atoms with Crippen molar-refractivity contribution in [2.45, 2.75) is 26.1 Å². The molecule has 6 heteroatoms. The molecule has 0 aliphatic heterocycles. The molecule has 82 valence electrons. The van der Waals surface area contributed by atoms with E-state index in [0.29, 0.717) is 0 Å². The topological polar surface area (TPSA) is 71.1 Å². The van der Waals surface area contributed by atoms with E-state index in [4.69, 9.17) is 9.47 Å². The molecule has 6 nitrogen and oxygen atoms in total. The summed E-state index contributed by atoms with van der Waals surface area (Å²) in [6.07, 6.45) is -2.83. The van der Waals surface area contributed by atoms with Gasteiger partial charge in [-0.3, -0.25) is 0 Å². The van der Waals surface area contributed by atoms with Crippen molar-refractivity contribution in [3.63, 3.8) is 0 Å². The quantitative estimate of drug-likeness (QED) is 0.648. The summed E-state index contributed by atoms with van der Waals surface area (Å²) in [5.41, 5.74) is 0. The van der Waals surface area contributed by atoms with Gasteiger partial charge in [0.05, 0.1) is 14.2 Å². The molecule has 2 unspecified atom stereocenters. The van der Waals surface area contributed by atoms with E-state index in [1.165, 1.54) is 14.2 Å². The zero-order valence-electron chi connectivity index (χ0n) is 8.60. The Hall–Kier alpha value is -1.46. The number of hydrogen-bond donors (Lipinski definition) is 0. The Morgan fingerprint density at radius 1 is 0.857 bits per heavy atom. The number of rotatable bonds is 3. The Morgan fingerprint density at radius 3 is 1.36 bits per heavy atom. The van der Waals surface area contributed by atoms with Gasteiger partial charge in [0, 0.05) is 0 Å². The lowest BCUT2D eigenvalue weighted by atomic mass is 10.2. The highest BCUT2D eigenvalue weighted by atomic mass is 16.7. The number of methoxy groups -OCH3 is 2. The average molecular weight is 206 g/mol. The number of hydrogen-bond acceptors (Lipinski definition) is 6. The largest absolute Gasteiger partial charge is 0.508 e. The van der Waals surface area contributed by atoms with Crippen LogP contribution in [-0.2, 0) is 18.9 Å². The smallest absolute Gasteiger partial charge is 0.438 e. The van der Waals surface area contributed by atoms with E-state index >= 15 is 0 Å². The summed E-state index contributed by atoms with van der Waals surface area (Å²) in [7, 11) is 2.39. The highest BCUT2D eigenvalue weighted by molar-refractivity contribution is 5.61. The Bertz CT molecular complexity index is 180. The van der Waals surface area contributed by atoms with Gasteiger partial charge >= 0.3 is 12.3 Å². The minimum absolute atomic E-state index is 0.596. The van der Waals surface area contributed by atoms with Crippen molar-refractivity contribution in [3.05, 3.63) is 0 Å². The van der Waals surface area contributed by atoms with E-state index in [-0.39, 0.29) is 0 Å². The highest BCUT2D eigenvalue weighted by Gasteiger charge is 2.20. The van der Waals surface area contributed by atoms with Gasteiger partial charge in [0.2, 0.25) is 0 Å². The molecule has 14 heavy (non-hydrogen) atoms. The van der Waals surface area contributed by atoms with Gasteiger partial charge in [0.1, 0.15) is 12.2 Å². The van der Waals surface area contributed by atoms with Crippen LogP contribution in [0.4, 0.5) is 9.59 Å². The third-order valence-corrected chi connectivity index (χ3v) is 1.56. The molecule has 0 amide bonds. The first kappa shape index (κ1) is 12.5. The lowest BCUT2D eigenvalue weighted by molar-refractivity contribution is -0.0347. The molecule has 0 aromatic rings. The molecular weight excluding hydrogens is 192 g/mol. The first-order chi connectivity index (χ1) is 6.51. The van der Waals surface area contributed by atoms with Crippen molar-refractivity contribution in [2.24, 2.45) is 0 Å². The lowest BCUT2D eigenvalue weighted by Crippen LogP contribution is -2.30. The minimum atomic E-state index is -0.821. The van der Waals surface area contributed by atoms with Crippen LogP contribution < -0.4 is 0 Å². The van der Waals surface area contributed by atoms with Gasteiger partial charge in [-0.15, -0.1) is 0 Å². The Morgan fingerprint density at radius 2 is 1.14 bits per heavy atom. The zero-order chi connectivity index (χ0) is 11.1. The summed E-state index contributed by atoms with van der Waals surface area (Å²) >= 11 is 0. The Kier molecular flexibility index (Phi) is 5.43. The van der Waals surface area contributed by atoms with E-state index in [0.717, 1.165) is 0 Å². The molecule has 0 N–H and O–H groups in total. The summed E-state index contributed by atoms with van der Waals surface area (Å²) in [5.74, 6) is 0. The minimum Gasteiger partial charge on any atom is -0.438 e. The van der Waals surface area contributed by atoms with Gasteiger partial charge in [0.15, 0.2) is 0 Å². The van der Waals surface area contributed by atoms with Crippen LogP contribution in [0.2, 0.25) is 0 Å². The van der Waals surface area contributed by atoms with Crippen LogP contribution >= 0.6 is 0 Å². The van der Waals surface area contributed by atoms with Gasteiger partial charge in [-0.25, -0.2) is 9.59 Å². The van der Waals surface area contributed by atoms with Crippen LogP contribution in [0.5, 0.6) is 0 Å². The van der Waals surface area contributed by atoms with E-state index in [1.807, 2.05) is 0 Å². The van der Waals surface area contributed by atoms with Gasteiger partial charge in [0.25, 0.3) is 0 Å². The molecule has 0 saturated carbocycles. The lowest BCUT2D eigenvalue weighted by Gasteiger charge is -2.18. The van der Waals surface area contributed by atoms with Crippen molar-refractivity contribution in [1.29, 1.82) is 0 Å². The average Bonchev–Trinajstić information content (AvgIpc) is 2.17. The third kappa shape index (κ3) is 4.54. The van der Waals surface area contributed by atoms with Crippen molar-refractivity contribution < 1.29 is 28.5 Å². The number of carbonyl (C=O) groups is 2. The molecule has 2 atom stereocenters. The predicted octanol–water partition coefficient (Wildman–Crippen LogP) is 1.33. The van der Waals surface area contributed by atoms with Crippen molar-refractivity contribution >= 4 is 12.3 Å². The molecule has 0 spiro atoms. The summed E-state index contributed by atoms with van der Waals surface area (Å²) in [4.78, 5) is 21.3. The molecular formula is C8H14O6. The summed E-state index contributed by atoms with van der Waals surface area (Å²) in [5, 5.41) is 0. The third-order valence-electron chi connectivity index (χ3n) is 1.56. The van der Waals surface area contributed by atoms with Crippen LogP contribution in [0.1, 0.15) is 13.8 Å². The Labute approximate surface area is 82.1 Å². The fourth-order valence-electron chi connectivity index (χ4n) is 0.591. The molecule has 0 heterocycles. The highest BCUT2D eigenvalue weighted by Crippen LogP contribution is 2.05. The fourth-order valence-corrected chi connectivity index (χ4v) is 0.591. The molecule has 0 aliphatic rings. The second kappa shape index (κ2) is 6.06. The maximum atomic E-state index is 10.7. The maximum Gasteiger partial charge on any atom is 0.508 e. The molecule has 0 bridgehead atoms. The van der Waals surface area contributed by atoms with E-state index < -0.39 is 24.5 Å². The standard InChI is InChI=1S/C8H14O6/c1-5(13-7(9)11-3)6(2)14-8(10)12-4/h5-6H,1-4H3. The fraction of sp³-hybridized carbons (Fsp3) is 0.750. The molecule has 0 saturated heterocycles. The van der Waals surface area contributed by atoms with Gasteiger partial charge in [-0.2, -0.15) is 0 Å². The molecule has 0 fully saturated rings. The molecule has 0 radical (unpaired) electrons. The van der Waals surface area contributed by atoms with Crippen LogP contribution in [0.3, 0.4) is 0 Å². The van der Waals surface area contributed by atoms with E-state index in [9.17, 15) is 9.59 Å². The van der Waals surface area contributed by atoms with Crippen LogP contribution in [-0.4, -0.2) is 38.7 Å². The van der Waals surface area contributed by atoms with Crippen molar-refractivity contribution in [3.8, 4) is 0 Å². The maximum absolute atomic E-state index is 10.7. The predicted molar refractivity (Wildman–Crippen MR) is 45.9 cm³/mol. The number of carbonyl (C=O) groups excluding carboxylic acids is 2. The molecule has 0 aromatic carbocycles. The zero-order valence-corrected chi connectivity index (χ0v) is 8.60. The van der Waals surface area contributed by atoms with E-state index in [1.54, 1.807) is 13.8 Å².